The zero-order valence-electron chi connectivity index (χ0n) is 15.9. The number of hydrogen-bond acceptors (Lipinski definition) is 5. The van der Waals surface area contributed by atoms with Crippen molar-refractivity contribution in [3.8, 4) is 0 Å². The molecule has 0 unspecified atom stereocenters. The molecule has 2 amide bonds. The first-order valence-corrected chi connectivity index (χ1v) is 8.89. The maximum absolute atomic E-state index is 13.2. The van der Waals surface area contributed by atoms with Crippen LogP contribution in [0.5, 0.6) is 0 Å². The first kappa shape index (κ1) is 19.7. The fraction of sp³-hybridized carbons (Fsp3) is 0.263. The summed E-state index contributed by atoms with van der Waals surface area (Å²) in [7, 11) is 1.46. The molecule has 0 bridgehead atoms. The highest BCUT2D eigenvalue weighted by Gasteiger charge is 2.43. The number of cyclic esters (lactones) is 1. The van der Waals surface area contributed by atoms with Crippen molar-refractivity contribution in [2.75, 3.05) is 23.5 Å². The number of hydrogen-bond donors (Lipinski definition) is 1. The number of nitrogens with one attached hydrogen (secondary N) is 1. The van der Waals surface area contributed by atoms with Gasteiger partial charge >= 0.3 is 12.3 Å². The van der Waals surface area contributed by atoms with E-state index in [0.717, 1.165) is 22.4 Å². The molecule has 156 valence electrons. The zero-order chi connectivity index (χ0) is 21.6. The van der Waals surface area contributed by atoms with E-state index in [0.29, 0.717) is 11.5 Å². The van der Waals surface area contributed by atoms with E-state index in [1.165, 1.54) is 18.9 Å². The Labute approximate surface area is 168 Å². The number of halogens is 3. The van der Waals surface area contributed by atoms with Crippen LogP contribution in [-0.2, 0) is 15.7 Å². The van der Waals surface area contributed by atoms with E-state index in [1.807, 2.05) is 6.07 Å². The molecule has 3 aromatic rings. The number of ether oxygens (including phenoxy) is 1. The summed E-state index contributed by atoms with van der Waals surface area (Å²) >= 11 is 0. The fourth-order valence-corrected chi connectivity index (χ4v) is 3.24. The van der Waals surface area contributed by atoms with Gasteiger partial charge in [0, 0.05) is 24.3 Å². The highest BCUT2D eigenvalue weighted by molar-refractivity contribution is 6.05. The third-order valence-electron chi connectivity index (χ3n) is 4.74. The van der Waals surface area contributed by atoms with Crippen LogP contribution in [0.15, 0.2) is 36.5 Å². The summed E-state index contributed by atoms with van der Waals surface area (Å²) < 4.78 is 44.5. The molecule has 11 heteroatoms. The predicted octanol–water partition coefficient (Wildman–Crippen LogP) is 3.27. The third-order valence-corrected chi connectivity index (χ3v) is 4.74. The summed E-state index contributed by atoms with van der Waals surface area (Å²) in [4.78, 5) is 38.7. The van der Waals surface area contributed by atoms with Crippen molar-refractivity contribution in [2.45, 2.75) is 19.1 Å². The maximum atomic E-state index is 13.2. The smallest absolute Gasteiger partial charge is 0.416 e. The largest absolute Gasteiger partial charge is 0.446 e. The molecular formula is C19H16F3N5O3. The zero-order valence-corrected chi connectivity index (χ0v) is 15.9. The quantitative estimate of drug-likeness (QED) is 0.704. The van der Waals surface area contributed by atoms with Crippen molar-refractivity contribution < 1.29 is 27.5 Å². The Bertz CT molecular complexity index is 1140. The van der Waals surface area contributed by atoms with Crippen molar-refractivity contribution in [1.29, 1.82) is 0 Å². The monoisotopic (exact) mass is 419 g/mol. The Balaban J connectivity index is 1.67. The van der Waals surface area contributed by atoms with Gasteiger partial charge in [0.1, 0.15) is 23.9 Å². The molecule has 1 fully saturated rings. The van der Waals surface area contributed by atoms with Gasteiger partial charge in [0.25, 0.3) is 5.91 Å². The molecule has 1 aliphatic heterocycles. The predicted molar refractivity (Wildman–Crippen MR) is 101 cm³/mol. The number of alkyl halides is 3. The Morgan fingerprint density at radius 1 is 1.27 bits per heavy atom. The van der Waals surface area contributed by atoms with Gasteiger partial charge in [-0.1, -0.05) is 0 Å². The van der Waals surface area contributed by atoms with Gasteiger partial charge in [-0.05, 0) is 37.3 Å². The minimum atomic E-state index is -4.63. The number of pyridine rings is 2. The van der Waals surface area contributed by atoms with E-state index in [-0.39, 0.29) is 18.1 Å². The molecule has 1 aliphatic rings. The lowest BCUT2D eigenvalue weighted by molar-refractivity contribution is -0.137. The van der Waals surface area contributed by atoms with Crippen LogP contribution in [0.2, 0.25) is 0 Å². The summed E-state index contributed by atoms with van der Waals surface area (Å²) in [6, 6.07) is 5.62. The van der Waals surface area contributed by atoms with E-state index in [2.05, 4.69) is 15.0 Å². The number of aromatic nitrogens is 3. The number of aryl methyl sites for hydroxylation is 1. The molecule has 4 heterocycles. The maximum Gasteiger partial charge on any atom is 0.416 e. The van der Waals surface area contributed by atoms with Crippen molar-refractivity contribution in [1.82, 2.24) is 15.0 Å². The minimum Gasteiger partial charge on any atom is -0.446 e. The first-order chi connectivity index (χ1) is 14.1. The second-order valence-electron chi connectivity index (χ2n) is 6.80. The van der Waals surface area contributed by atoms with Gasteiger partial charge in [-0.3, -0.25) is 9.69 Å². The molecule has 0 aliphatic carbocycles. The van der Waals surface area contributed by atoms with Gasteiger partial charge in [0.2, 0.25) is 0 Å². The number of carbonyl (C=O) groups excluding carboxylic acids is 2. The van der Waals surface area contributed by atoms with E-state index in [1.54, 1.807) is 18.3 Å². The number of nitrogens with zero attached hydrogens (tertiary/aromatic N) is 4. The molecule has 0 aromatic carbocycles. The number of amides is 2. The van der Waals surface area contributed by atoms with Crippen molar-refractivity contribution in [3.05, 3.63) is 47.8 Å². The number of fused-ring (bicyclic) bond motifs is 1. The van der Waals surface area contributed by atoms with E-state index >= 15 is 0 Å². The van der Waals surface area contributed by atoms with Gasteiger partial charge in [-0.2, -0.15) is 13.2 Å². The number of rotatable bonds is 3. The molecule has 30 heavy (non-hydrogen) atoms. The summed E-state index contributed by atoms with van der Waals surface area (Å²) in [5, 5.41) is 0.851. The average Bonchev–Trinajstić information content (AvgIpc) is 3.31. The SMILES string of the molecule is Cc1cc(C(F)(F)F)cc(N2C(=O)OC[C@H]2C(=O)N(C)c2ccc3cc[nH]c3n2)n1. The fourth-order valence-electron chi connectivity index (χ4n) is 3.24. The molecule has 8 nitrogen and oxygen atoms in total. The number of likely N-dealkylation sites (N-methyl/N-ethyl adjacent to an activating group) is 1. The molecule has 1 N–H and O–H groups in total. The molecule has 1 saturated heterocycles. The highest BCUT2D eigenvalue weighted by atomic mass is 19.4. The summed E-state index contributed by atoms with van der Waals surface area (Å²) in [6.45, 7) is 1.06. The number of carbonyl (C=O) groups is 2. The van der Waals surface area contributed by atoms with Crippen LogP contribution in [-0.4, -0.2) is 46.6 Å². The van der Waals surface area contributed by atoms with Gasteiger partial charge in [0.05, 0.1) is 5.56 Å². The molecule has 0 radical (unpaired) electrons. The Kier molecular flexibility index (Phi) is 4.60. The lowest BCUT2D eigenvalue weighted by Gasteiger charge is -2.25. The summed E-state index contributed by atoms with van der Waals surface area (Å²) in [6.07, 6.45) is -3.87. The van der Waals surface area contributed by atoms with Crippen LogP contribution in [0.1, 0.15) is 11.3 Å². The molecule has 0 saturated carbocycles. The highest BCUT2D eigenvalue weighted by Crippen LogP contribution is 2.33. The summed E-state index contributed by atoms with van der Waals surface area (Å²) in [5.74, 6) is -0.567. The van der Waals surface area contributed by atoms with Gasteiger partial charge < -0.3 is 9.72 Å². The average molecular weight is 419 g/mol. The van der Waals surface area contributed by atoms with Crippen LogP contribution >= 0.6 is 0 Å². The van der Waals surface area contributed by atoms with Crippen molar-refractivity contribution in [2.24, 2.45) is 0 Å². The van der Waals surface area contributed by atoms with Crippen LogP contribution in [0.4, 0.5) is 29.6 Å². The van der Waals surface area contributed by atoms with E-state index < -0.39 is 29.8 Å². The molecule has 3 aromatic heterocycles. The normalized spacial score (nSPS) is 16.8. The topological polar surface area (TPSA) is 91.4 Å². The Morgan fingerprint density at radius 3 is 2.77 bits per heavy atom. The summed E-state index contributed by atoms with van der Waals surface area (Å²) in [5.41, 5.74) is -0.348. The second-order valence-corrected chi connectivity index (χ2v) is 6.80. The van der Waals surface area contributed by atoms with Crippen LogP contribution in [0.25, 0.3) is 11.0 Å². The Hall–Kier alpha value is -3.63. The lowest BCUT2D eigenvalue weighted by Crippen LogP contribution is -2.47. The second kappa shape index (κ2) is 7.01. The minimum absolute atomic E-state index is 0.0536. The molecule has 0 spiro atoms. The molecule has 4 rings (SSSR count). The van der Waals surface area contributed by atoms with Gasteiger partial charge in [-0.15, -0.1) is 0 Å². The molecule has 1 atom stereocenters. The van der Waals surface area contributed by atoms with Crippen LogP contribution in [0, 0.1) is 6.92 Å². The first-order valence-electron chi connectivity index (χ1n) is 8.89. The van der Waals surface area contributed by atoms with Gasteiger partial charge in [0.15, 0.2) is 6.04 Å². The standard InChI is InChI=1S/C19H16F3N5O3/c1-10-7-12(19(20,21)22)8-15(24-10)27-13(9-30-18(27)29)17(28)26(2)14-4-3-11-5-6-23-16(11)25-14/h3-8,13H,9H2,1-2H3,(H,23,25)/t13-/m0/s1. The van der Waals surface area contributed by atoms with Gasteiger partial charge in [-0.25, -0.2) is 19.7 Å². The van der Waals surface area contributed by atoms with Crippen LogP contribution in [0.3, 0.4) is 0 Å². The Morgan fingerprint density at radius 2 is 2.03 bits per heavy atom. The third kappa shape index (κ3) is 3.42. The number of H-pyrrole nitrogens is 1. The van der Waals surface area contributed by atoms with Crippen molar-refractivity contribution in [3.63, 3.8) is 0 Å². The molecular weight excluding hydrogens is 403 g/mol. The lowest BCUT2D eigenvalue weighted by atomic mass is 10.2. The number of aromatic amines is 1. The number of anilines is 2. The van der Waals surface area contributed by atoms with E-state index in [9.17, 15) is 22.8 Å². The van der Waals surface area contributed by atoms with Crippen molar-refractivity contribution >= 4 is 34.7 Å². The van der Waals surface area contributed by atoms with E-state index in [4.69, 9.17) is 4.74 Å². The van der Waals surface area contributed by atoms with Crippen LogP contribution < -0.4 is 9.80 Å².